The standard InChI is InChI=1S/C23H14ClNO2/c24-15-11-9-14(10-12-15)22-18(16-5-1-3-7-19(16)25-22)13-21-23(26)17-6-2-4-8-20(17)27-21/h1-13,25H. The fourth-order valence-corrected chi connectivity index (χ4v) is 3.55. The summed E-state index contributed by atoms with van der Waals surface area (Å²) in [4.78, 5) is 16.2. The molecular weight excluding hydrogens is 358 g/mol. The third-order valence-corrected chi connectivity index (χ3v) is 4.98. The number of para-hydroxylation sites is 2. The molecule has 2 heterocycles. The van der Waals surface area contributed by atoms with Gasteiger partial charge in [0.05, 0.1) is 11.3 Å². The molecule has 130 valence electrons. The largest absolute Gasteiger partial charge is 0.452 e. The lowest BCUT2D eigenvalue weighted by Gasteiger charge is -2.03. The van der Waals surface area contributed by atoms with Gasteiger partial charge in [-0.05, 0) is 42.0 Å². The van der Waals surface area contributed by atoms with Gasteiger partial charge in [-0.25, -0.2) is 0 Å². The molecule has 0 fully saturated rings. The number of carbonyl (C=O) groups excluding carboxylic acids is 1. The Balaban J connectivity index is 1.70. The van der Waals surface area contributed by atoms with E-state index in [0.717, 1.165) is 27.7 Å². The van der Waals surface area contributed by atoms with E-state index < -0.39 is 0 Å². The number of halogens is 1. The van der Waals surface area contributed by atoms with Gasteiger partial charge in [0.25, 0.3) is 0 Å². The van der Waals surface area contributed by atoms with Crippen molar-refractivity contribution in [3.05, 3.63) is 94.7 Å². The average molecular weight is 372 g/mol. The molecule has 3 aromatic carbocycles. The molecule has 1 aromatic heterocycles. The second-order valence-corrected chi connectivity index (χ2v) is 6.84. The summed E-state index contributed by atoms with van der Waals surface area (Å²) in [6.45, 7) is 0. The summed E-state index contributed by atoms with van der Waals surface area (Å²) in [5, 5.41) is 1.71. The number of rotatable bonds is 2. The molecule has 0 unspecified atom stereocenters. The number of H-pyrrole nitrogens is 1. The van der Waals surface area contributed by atoms with Crippen molar-refractivity contribution in [1.29, 1.82) is 0 Å². The molecule has 4 heteroatoms. The van der Waals surface area contributed by atoms with Crippen molar-refractivity contribution >= 4 is 34.4 Å². The first-order valence-corrected chi connectivity index (χ1v) is 8.98. The van der Waals surface area contributed by atoms with E-state index >= 15 is 0 Å². The fourth-order valence-electron chi connectivity index (χ4n) is 3.42. The van der Waals surface area contributed by atoms with Crippen molar-refractivity contribution in [2.75, 3.05) is 0 Å². The van der Waals surface area contributed by atoms with Crippen LogP contribution in [0.15, 0.2) is 78.6 Å². The molecule has 0 aliphatic carbocycles. The first kappa shape index (κ1) is 15.9. The molecule has 0 amide bonds. The van der Waals surface area contributed by atoms with Crippen LogP contribution in [-0.2, 0) is 0 Å². The van der Waals surface area contributed by atoms with Gasteiger partial charge in [0.1, 0.15) is 5.75 Å². The van der Waals surface area contributed by atoms with Gasteiger partial charge in [-0.2, -0.15) is 0 Å². The van der Waals surface area contributed by atoms with E-state index in [4.69, 9.17) is 16.3 Å². The summed E-state index contributed by atoms with van der Waals surface area (Å²) in [6.07, 6.45) is 1.82. The van der Waals surface area contributed by atoms with Crippen molar-refractivity contribution in [3.63, 3.8) is 0 Å². The molecule has 0 atom stereocenters. The summed E-state index contributed by atoms with van der Waals surface area (Å²) in [5.74, 6) is 0.829. The molecule has 0 saturated heterocycles. The Labute approximate surface area is 160 Å². The normalized spacial score (nSPS) is 14.6. The molecule has 5 rings (SSSR count). The molecule has 0 radical (unpaired) electrons. The highest BCUT2D eigenvalue weighted by Gasteiger charge is 2.27. The van der Waals surface area contributed by atoms with Gasteiger partial charge in [-0.15, -0.1) is 0 Å². The van der Waals surface area contributed by atoms with Gasteiger partial charge in [-0.1, -0.05) is 54.1 Å². The highest BCUT2D eigenvalue weighted by molar-refractivity contribution is 6.30. The molecule has 3 nitrogen and oxygen atoms in total. The number of aromatic amines is 1. The Kier molecular flexibility index (Phi) is 3.62. The highest BCUT2D eigenvalue weighted by atomic mass is 35.5. The quantitative estimate of drug-likeness (QED) is 0.432. The second-order valence-electron chi connectivity index (χ2n) is 6.40. The first-order valence-electron chi connectivity index (χ1n) is 8.60. The number of fused-ring (bicyclic) bond motifs is 2. The lowest BCUT2D eigenvalue weighted by molar-refractivity contribution is 0.101. The molecule has 27 heavy (non-hydrogen) atoms. The third-order valence-electron chi connectivity index (χ3n) is 4.73. The van der Waals surface area contributed by atoms with E-state index in [1.54, 1.807) is 6.07 Å². The Morgan fingerprint density at radius 1 is 0.889 bits per heavy atom. The number of carbonyl (C=O) groups is 1. The summed E-state index contributed by atoms with van der Waals surface area (Å²) in [7, 11) is 0. The predicted molar refractivity (Wildman–Crippen MR) is 108 cm³/mol. The molecular formula is C23H14ClNO2. The second kappa shape index (κ2) is 6.15. The van der Waals surface area contributed by atoms with Gasteiger partial charge in [0, 0.05) is 21.5 Å². The van der Waals surface area contributed by atoms with Gasteiger partial charge in [0.15, 0.2) is 5.76 Å². The van der Waals surface area contributed by atoms with Crippen LogP contribution in [0.25, 0.3) is 28.2 Å². The van der Waals surface area contributed by atoms with Crippen LogP contribution in [0.5, 0.6) is 5.75 Å². The molecule has 0 saturated carbocycles. The van der Waals surface area contributed by atoms with E-state index in [2.05, 4.69) is 4.98 Å². The Bertz CT molecular complexity index is 1220. The SMILES string of the molecule is O=C1C(=Cc2c(-c3ccc(Cl)cc3)[nH]c3ccccc23)Oc2ccccc21. The van der Waals surface area contributed by atoms with E-state index in [1.807, 2.05) is 72.8 Å². The molecule has 0 bridgehead atoms. The number of benzene rings is 3. The Morgan fingerprint density at radius 2 is 1.63 bits per heavy atom. The zero-order valence-electron chi connectivity index (χ0n) is 14.2. The average Bonchev–Trinajstić information content (AvgIpc) is 3.22. The zero-order valence-corrected chi connectivity index (χ0v) is 15.0. The lowest BCUT2D eigenvalue weighted by Crippen LogP contribution is -1.98. The van der Waals surface area contributed by atoms with Crippen molar-refractivity contribution in [2.24, 2.45) is 0 Å². The summed E-state index contributed by atoms with van der Waals surface area (Å²) >= 11 is 6.04. The van der Waals surface area contributed by atoms with E-state index in [1.165, 1.54) is 0 Å². The fraction of sp³-hybridized carbons (Fsp3) is 0. The van der Waals surface area contributed by atoms with Crippen LogP contribution >= 0.6 is 11.6 Å². The predicted octanol–water partition coefficient (Wildman–Crippen LogP) is 6.10. The van der Waals surface area contributed by atoms with E-state index in [0.29, 0.717) is 22.1 Å². The van der Waals surface area contributed by atoms with E-state index in [9.17, 15) is 4.79 Å². The van der Waals surface area contributed by atoms with Gasteiger partial charge >= 0.3 is 0 Å². The Hall–Kier alpha value is -3.30. The van der Waals surface area contributed by atoms with Crippen LogP contribution in [0, 0.1) is 0 Å². The van der Waals surface area contributed by atoms with Crippen molar-refractivity contribution in [1.82, 2.24) is 4.98 Å². The Morgan fingerprint density at radius 3 is 2.44 bits per heavy atom. The third kappa shape index (κ3) is 2.64. The monoisotopic (exact) mass is 371 g/mol. The number of ketones is 1. The maximum absolute atomic E-state index is 12.7. The molecule has 0 spiro atoms. The minimum Gasteiger partial charge on any atom is -0.452 e. The topological polar surface area (TPSA) is 42.1 Å². The minimum atomic E-state index is -0.0991. The van der Waals surface area contributed by atoms with Gasteiger partial charge in [-0.3, -0.25) is 4.79 Å². The maximum atomic E-state index is 12.7. The van der Waals surface area contributed by atoms with Crippen LogP contribution in [0.4, 0.5) is 0 Å². The van der Waals surface area contributed by atoms with Crippen LogP contribution in [-0.4, -0.2) is 10.8 Å². The number of nitrogens with one attached hydrogen (secondary N) is 1. The number of ether oxygens (including phenoxy) is 1. The summed E-state index contributed by atoms with van der Waals surface area (Å²) in [6, 6.07) is 22.9. The van der Waals surface area contributed by atoms with Crippen LogP contribution in [0.3, 0.4) is 0 Å². The van der Waals surface area contributed by atoms with Gasteiger partial charge < -0.3 is 9.72 Å². The van der Waals surface area contributed by atoms with Crippen LogP contribution < -0.4 is 4.74 Å². The molecule has 1 aliphatic heterocycles. The number of hydrogen-bond acceptors (Lipinski definition) is 2. The highest BCUT2D eigenvalue weighted by Crippen LogP contribution is 2.36. The number of aromatic nitrogens is 1. The number of Topliss-reactive ketones (excluding diaryl/α,β-unsaturated/α-hetero) is 1. The minimum absolute atomic E-state index is 0.0991. The maximum Gasteiger partial charge on any atom is 0.231 e. The van der Waals surface area contributed by atoms with Crippen molar-refractivity contribution in [3.8, 4) is 17.0 Å². The number of hydrogen-bond donors (Lipinski definition) is 1. The molecule has 1 aliphatic rings. The van der Waals surface area contributed by atoms with E-state index in [-0.39, 0.29) is 5.78 Å². The summed E-state index contributed by atoms with van der Waals surface area (Å²) in [5.41, 5.74) is 4.43. The van der Waals surface area contributed by atoms with Crippen molar-refractivity contribution in [2.45, 2.75) is 0 Å². The van der Waals surface area contributed by atoms with Crippen molar-refractivity contribution < 1.29 is 9.53 Å². The van der Waals surface area contributed by atoms with Crippen LogP contribution in [0.1, 0.15) is 15.9 Å². The summed E-state index contributed by atoms with van der Waals surface area (Å²) < 4.78 is 5.83. The molecule has 1 N–H and O–H groups in total. The first-order chi connectivity index (χ1) is 13.2. The zero-order chi connectivity index (χ0) is 18.4. The molecule has 4 aromatic rings. The van der Waals surface area contributed by atoms with Gasteiger partial charge in [0.2, 0.25) is 5.78 Å². The van der Waals surface area contributed by atoms with Crippen LogP contribution in [0.2, 0.25) is 5.02 Å². The smallest absolute Gasteiger partial charge is 0.231 e. The lowest BCUT2D eigenvalue weighted by atomic mass is 10.0. The number of allylic oxidation sites excluding steroid dienone is 1.